The molecule has 0 unspecified atom stereocenters. The molecule has 2 nitrogen and oxygen atoms in total. The summed E-state index contributed by atoms with van der Waals surface area (Å²) in [6.07, 6.45) is 4.16. The lowest BCUT2D eigenvalue weighted by Crippen LogP contribution is -2.09. The number of ether oxygens (including phenoxy) is 1. The van der Waals surface area contributed by atoms with Gasteiger partial charge < -0.3 is 10.5 Å². The summed E-state index contributed by atoms with van der Waals surface area (Å²) < 4.78 is 5.20. The molecule has 2 N–H and O–H groups in total. The van der Waals surface area contributed by atoms with Crippen LogP contribution in [-0.4, -0.2) is 13.7 Å². The summed E-state index contributed by atoms with van der Waals surface area (Å²) in [5, 5.41) is 0.731. The Morgan fingerprint density at radius 1 is 1.47 bits per heavy atom. The molecule has 0 saturated carbocycles. The minimum atomic E-state index is 0.565. The van der Waals surface area contributed by atoms with Gasteiger partial charge in [0, 0.05) is 6.54 Å². The van der Waals surface area contributed by atoms with E-state index in [1.807, 2.05) is 12.1 Å². The number of fused-ring (bicyclic) bond motifs is 1. The van der Waals surface area contributed by atoms with Crippen LogP contribution in [0.25, 0.3) is 5.57 Å². The van der Waals surface area contributed by atoms with Crippen molar-refractivity contribution in [2.75, 3.05) is 13.7 Å². The van der Waals surface area contributed by atoms with Crippen molar-refractivity contribution >= 4 is 17.2 Å². The van der Waals surface area contributed by atoms with Gasteiger partial charge in [0.05, 0.1) is 12.1 Å². The quantitative estimate of drug-likeness (QED) is 0.837. The third-order valence-corrected chi connectivity index (χ3v) is 3.19. The molecule has 0 saturated heterocycles. The number of hydrogen-bond donors (Lipinski definition) is 1. The van der Waals surface area contributed by atoms with Gasteiger partial charge in [-0.3, -0.25) is 0 Å². The minimum Gasteiger partial charge on any atom is -0.495 e. The van der Waals surface area contributed by atoms with Crippen molar-refractivity contribution < 1.29 is 4.74 Å². The summed E-state index contributed by atoms with van der Waals surface area (Å²) in [5.41, 5.74) is 9.22. The molecular formula is C12H14ClNO. The van der Waals surface area contributed by atoms with Crippen LogP contribution in [0.4, 0.5) is 0 Å². The molecule has 0 aliphatic heterocycles. The molecule has 1 aromatic carbocycles. The van der Waals surface area contributed by atoms with Gasteiger partial charge in [-0.05, 0) is 35.6 Å². The highest BCUT2D eigenvalue weighted by Crippen LogP contribution is 2.36. The van der Waals surface area contributed by atoms with Crippen molar-refractivity contribution in [2.24, 2.45) is 5.73 Å². The number of methoxy groups -OCH3 is 1. The van der Waals surface area contributed by atoms with Gasteiger partial charge in [-0.2, -0.15) is 0 Å². The van der Waals surface area contributed by atoms with Crippen LogP contribution in [0.3, 0.4) is 0 Å². The molecule has 0 heterocycles. The van der Waals surface area contributed by atoms with Crippen molar-refractivity contribution in [3.63, 3.8) is 0 Å². The molecule has 0 spiro atoms. The zero-order valence-corrected chi connectivity index (χ0v) is 9.47. The molecule has 0 aromatic heterocycles. The maximum atomic E-state index is 6.26. The Bertz CT molecular complexity index is 412. The highest BCUT2D eigenvalue weighted by molar-refractivity contribution is 6.33. The van der Waals surface area contributed by atoms with Crippen LogP contribution in [0.15, 0.2) is 18.2 Å². The summed E-state index contributed by atoms with van der Waals surface area (Å²) in [7, 11) is 1.64. The average Bonchev–Trinajstić information content (AvgIpc) is 2.29. The van der Waals surface area contributed by atoms with Gasteiger partial charge in [0.2, 0.25) is 0 Å². The highest BCUT2D eigenvalue weighted by Gasteiger charge is 2.16. The van der Waals surface area contributed by atoms with Crippen molar-refractivity contribution in [1.82, 2.24) is 0 Å². The lowest BCUT2D eigenvalue weighted by atomic mass is 9.90. The van der Waals surface area contributed by atoms with Crippen LogP contribution in [0.5, 0.6) is 5.75 Å². The summed E-state index contributed by atoms with van der Waals surface area (Å²) in [5.74, 6) is 0.744. The molecule has 0 amide bonds. The topological polar surface area (TPSA) is 35.2 Å². The van der Waals surface area contributed by atoms with Gasteiger partial charge in [-0.25, -0.2) is 0 Å². The van der Waals surface area contributed by atoms with E-state index in [4.69, 9.17) is 22.1 Å². The first-order chi connectivity index (χ1) is 7.27. The molecule has 0 fully saturated rings. The van der Waals surface area contributed by atoms with E-state index in [1.54, 1.807) is 7.11 Å². The van der Waals surface area contributed by atoms with Gasteiger partial charge in [0.25, 0.3) is 0 Å². The van der Waals surface area contributed by atoms with E-state index in [0.717, 1.165) is 23.6 Å². The zero-order valence-electron chi connectivity index (χ0n) is 8.72. The zero-order chi connectivity index (χ0) is 10.8. The van der Waals surface area contributed by atoms with E-state index >= 15 is 0 Å². The highest BCUT2D eigenvalue weighted by atomic mass is 35.5. The monoisotopic (exact) mass is 223 g/mol. The fraction of sp³-hybridized carbons (Fsp3) is 0.333. The number of nitrogens with two attached hydrogens (primary N) is 1. The first-order valence-corrected chi connectivity index (χ1v) is 5.40. The number of halogens is 1. The number of benzene rings is 1. The van der Waals surface area contributed by atoms with Crippen LogP contribution in [-0.2, 0) is 6.42 Å². The Kier molecular flexibility index (Phi) is 2.98. The van der Waals surface area contributed by atoms with Crippen LogP contribution in [0.2, 0.25) is 5.02 Å². The summed E-state index contributed by atoms with van der Waals surface area (Å²) in [6, 6.07) is 3.94. The first kappa shape index (κ1) is 10.5. The fourth-order valence-electron chi connectivity index (χ4n) is 2.00. The summed E-state index contributed by atoms with van der Waals surface area (Å²) in [4.78, 5) is 0. The molecule has 0 radical (unpaired) electrons. The van der Waals surface area contributed by atoms with Gasteiger partial charge in [-0.15, -0.1) is 0 Å². The normalized spacial score (nSPS) is 14.5. The standard InChI is InChI=1S/C12H14ClNO/c1-15-11-6-5-9-8(7-14)3-2-4-10(9)12(11)13/h3,5-6H,2,4,7,14H2,1H3. The molecule has 15 heavy (non-hydrogen) atoms. The van der Waals surface area contributed by atoms with Gasteiger partial charge in [0.1, 0.15) is 5.75 Å². The van der Waals surface area contributed by atoms with E-state index in [1.165, 1.54) is 16.7 Å². The van der Waals surface area contributed by atoms with E-state index in [2.05, 4.69) is 6.08 Å². The first-order valence-electron chi connectivity index (χ1n) is 5.02. The molecule has 1 aliphatic rings. The van der Waals surface area contributed by atoms with E-state index in [0.29, 0.717) is 6.54 Å². The summed E-state index contributed by atoms with van der Waals surface area (Å²) >= 11 is 6.26. The molecule has 0 bridgehead atoms. The Balaban J connectivity index is 2.55. The molecule has 1 aromatic rings. The molecule has 2 rings (SSSR count). The minimum absolute atomic E-state index is 0.565. The Morgan fingerprint density at radius 2 is 2.27 bits per heavy atom. The SMILES string of the molecule is COc1ccc2c(c1Cl)CCC=C2CN. The second-order valence-corrected chi connectivity index (χ2v) is 3.96. The van der Waals surface area contributed by atoms with Crippen LogP contribution in [0, 0.1) is 0 Å². The predicted molar refractivity (Wildman–Crippen MR) is 63.4 cm³/mol. The molecule has 0 atom stereocenters. The van der Waals surface area contributed by atoms with Crippen molar-refractivity contribution in [3.8, 4) is 5.75 Å². The van der Waals surface area contributed by atoms with Gasteiger partial charge >= 0.3 is 0 Å². The lowest BCUT2D eigenvalue weighted by molar-refractivity contribution is 0.414. The molecule has 1 aliphatic carbocycles. The summed E-state index contributed by atoms with van der Waals surface area (Å²) in [6.45, 7) is 0.565. The van der Waals surface area contributed by atoms with Crippen LogP contribution >= 0.6 is 11.6 Å². The second kappa shape index (κ2) is 4.25. The lowest BCUT2D eigenvalue weighted by Gasteiger charge is -2.19. The largest absolute Gasteiger partial charge is 0.495 e. The van der Waals surface area contributed by atoms with Gasteiger partial charge in [-0.1, -0.05) is 23.7 Å². The number of allylic oxidation sites excluding steroid dienone is 1. The fourth-order valence-corrected chi connectivity index (χ4v) is 2.33. The van der Waals surface area contributed by atoms with Gasteiger partial charge in [0.15, 0.2) is 0 Å². The maximum absolute atomic E-state index is 6.26. The molecular weight excluding hydrogens is 210 g/mol. The second-order valence-electron chi connectivity index (χ2n) is 3.58. The van der Waals surface area contributed by atoms with Crippen molar-refractivity contribution in [1.29, 1.82) is 0 Å². The molecule has 3 heteroatoms. The van der Waals surface area contributed by atoms with Crippen LogP contribution < -0.4 is 10.5 Å². The van der Waals surface area contributed by atoms with Crippen molar-refractivity contribution in [2.45, 2.75) is 12.8 Å². The Labute approximate surface area is 94.7 Å². The van der Waals surface area contributed by atoms with E-state index < -0.39 is 0 Å². The third kappa shape index (κ3) is 1.75. The molecule has 80 valence electrons. The predicted octanol–water partition coefficient (Wildman–Crippen LogP) is 2.64. The van der Waals surface area contributed by atoms with E-state index in [9.17, 15) is 0 Å². The Morgan fingerprint density at radius 3 is 2.93 bits per heavy atom. The Hall–Kier alpha value is -0.990. The van der Waals surface area contributed by atoms with E-state index in [-0.39, 0.29) is 0 Å². The maximum Gasteiger partial charge on any atom is 0.137 e. The smallest absolute Gasteiger partial charge is 0.137 e. The van der Waals surface area contributed by atoms with Crippen molar-refractivity contribution in [3.05, 3.63) is 34.4 Å². The number of rotatable bonds is 2. The number of hydrogen-bond acceptors (Lipinski definition) is 2. The average molecular weight is 224 g/mol. The van der Waals surface area contributed by atoms with Crippen LogP contribution in [0.1, 0.15) is 17.5 Å². The third-order valence-electron chi connectivity index (χ3n) is 2.78.